The number of ether oxygens (including phenoxy) is 1. The predicted octanol–water partition coefficient (Wildman–Crippen LogP) is 6.57. The van der Waals surface area contributed by atoms with Crippen LogP contribution < -0.4 is 0 Å². The summed E-state index contributed by atoms with van der Waals surface area (Å²) in [5.74, 6) is -2.06. The molecule has 0 N–H and O–H groups in total. The van der Waals surface area contributed by atoms with E-state index in [2.05, 4.69) is 6.92 Å². The Labute approximate surface area is 139 Å². The Kier molecular flexibility index (Phi) is 11.4. The smallest absolute Gasteiger partial charge is 0.453 e. The molecule has 0 saturated heterocycles. The number of unbranched alkanes of at least 4 members (excludes halogenated alkanes) is 8. The Bertz CT molecular complexity index is 316. The van der Waals surface area contributed by atoms with Crippen LogP contribution in [0.3, 0.4) is 0 Å². The zero-order valence-electron chi connectivity index (χ0n) is 14.9. The van der Waals surface area contributed by atoms with Crippen molar-refractivity contribution in [2.24, 2.45) is 0 Å². The van der Waals surface area contributed by atoms with Gasteiger partial charge in [-0.05, 0) is 32.6 Å². The summed E-state index contributed by atoms with van der Waals surface area (Å²) >= 11 is 0. The Hall–Kier alpha value is -0.740. The monoisotopic (exact) mass is 338 g/mol. The van der Waals surface area contributed by atoms with Crippen molar-refractivity contribution in [2.75, 3.05) is 0 Å². The van der Waals surface area contributed by atoms with Gasteiger partial charge in [0.2, 0.25) is 0 Å². The molecular weight excluding hydrogens is 305 g/mol. The van der Waals surface area contributed by atoms with Crippen LogP contribution in [0.4, 0.5) is 13.2 Å². The fourth-order valence-electron chi connectivity index (χ4n) is 2.69. The van der Waals surface area contributed by atoms with E-state index in [1.807, 2.05) is 6.92 Å². The van der Waals surface area contributed by atoms with E-state index >= 15 is 0 Å². The standard InChI is InChI=1S/C18H33F3O2/c1-4-6-8-9-10-11-12-13-15-17(3,14-7-5-2)23-16(22)18(19,20)21/h4-15H2,1-3H3. The van der Waals surface area contributed by atoms with E-state index in [0.717, 1.165) is 32.1 Å². The number of hydrogen-bond donors (Lipinski definition) is 0. The largest absolute Gasteiger partial charge is 0.490 e. The lowest BCUT2D eigenvalue weighted by Gasteiger charge is -2.30. The van der Waals surface area contributed by atoms with Crippen molar-refractivity contribution in [2.45, 2.75) is 110 Å². The minimum atomic E-state index is -4.91. The summed E-state index contributed by atoms with van der Waals surface area (Å²) in [6.45, 7) is 5.79. The second kappa shape index (κ2) is 11.7. The second-order valence-electron chi connectivity index (χ2n) is 6.67. The highest BCUT2D eigenvalue weighted by molar-refractivity contribution is 5.76. The fourth-order valence-corrected chi connectivity index (χ4v) is 2.69. The number of halogens is 3. The van der Waals surface area contributed by atoms with E-state index in [1.54, 1.807) is 6.92 Å². The van der Waals surface area contributed by atoms with Crippen LogP contribution in [0.2, 0.25) is 0 Å². The molecule has 1 atom stereocenters. The van der Waals surface area contributed by atoms with Gasteiger partial charge in [0.15, 0.2) is 0 Å². The van der Waals surface area contributed by atoms with E-state index in [0.29, 0.717) is 12.8 Å². The molecule has 0 amide bonds. The summed E-state index contributed by atoms with van der Waals surface area (Å²) in [6, 6.07) is 0. The Balaban J connectivity index is 4.15. The maximum Gasteiger partial charge on any atom is 0.490 e. The molecule has 138 valence electrons. The molecule has 0 aliphatic carbocycles. The highest BCUT2D eigenvalue weighted by Crippen LogP contribution is 2.29. The lowest BCUT2D eigenvalue weighted by atomic mass is 9.91. The van der Waals surface area contributed by atoms with Crippen LogP contribution in [-0.4, -0.2) is 17.7 Å². The molecule has 2 nitrogen and oxygen atoms in total. The van der Waals surface area contributed by atoms with Crippen LogP contribution in [0.25, 0.3) is 0 Å². The van der Waals surface area contributed by atoms with E-state index in [4.69, 9.17) is 4.74 Å². The highest BCUT2D eigenvalue weighted by Gasteiger charge is 2.44. The lowest BCUT2D eigenvalue weighted by Crippen LogP contribution is -2.37. The first-order valence-electron chi connectivity index (χ1n) is 9.05. The summed E-state index contributed by atoms with van der Waals surface area (Å²) in [4.78, 5) is 11.1. The molecule has 0 aromatic heterocycles. The van der Waals surface area contributed by atoms with E-state index in [-0.39, 0.29) is 0 Å². The van der Waals surface area contributed by atoms with Crippen molar-refractivity contribution in [1.82, 2.24) is 0 Å². The number of carbonyl (C=O) groups is 1. The molecule has 0 spiro atoms. The first-order chi connectivity index (χ1) is 10.7. The molecule has 0 aliphatic heterocycles. The van der Waals surface area contributed by atoms with Gasteiger partial charge in [-0.25, -0.2) is 4.79 Å². The first-order valence-corrected chi connectivity index (χ1v) is 9.05. The molecule has 23 heavy (non-hydrogen) atoms. The van der Waals surface area contributed by atoms with Gasteiger partial charge < -0.3 is 4.74 Å². The number of alkyl halides is 3. The van der Waals surface area contributed by atoms with Gasteiger partial charge in [-0.2, -0.15) is 13.2 Å². The van der Waals surface area contributed by atoms with Gasteiger partial charge in [0.05, 0.1) is 0 Å². The Morgan fingerprint density at radius 2 is 1.22 bits per heavy atom. The molecule has 0 fully saturated rings. The number of rotatable bonds is 13. The summed E-state index contributed by atoms with van der Waals surface area (Å²) in [5, 5.41) is 0. The molecule has 1 unspecified atom stereocenters. The highest BCUT2D eigenvalue weighted by atomic mass is 19.4. The third-order valence-electron chi connectivity index (χ3n) is 4.19. The molecular formula is C18H33F3O2. The predicted molar refractivity (Wildman–Crippen MR) is 87.3 cm³/mol. The van der Waals surface area contributed by atoms with Gasteiger partial charge in [-0.1, -0.05) is 65.2 Å². The Morgan fingerprint density at radius 1 is 0.783 bits per heavy atom. The normalized spacial score (nSPS) is 14.5. The van der Waals surface area contributed by atoms with Crippen LogP contribution in [0.15, 0.2) is 0 Å². The molecule has 0 aliphatic rings. The van der Waals surface area contributed by atoms with E-state index < -0.39 is 17.7 Å². The molecule has 0 saturated carbocycles. The van der Waals surface area contributed by atoms with Gasteiger partial charge >= 0.3 is 12.1 Å². The molecule has 0 bridgehead atoms. The second-order valence-corrected chi connectivity index (χ2v) is 6.67. The topological polar surface area (TPSA) is 26.3 Å². The average molecular weight is 338 g/mol. The minimum absolute atomic E-state index is 0.488. The van der Waals surface area contributed by atoms with E-state index in [9.17, 15) is 18.0 Å². The van der Waals surface area contributed by atoms with Gasteiger partial charge in [-0.15, -0.1) is 0 Å². The number of carbonyl (C=O) groups excluding carboxylic acids is 1. The van der Waals surface area contributed by atoms with Crippen molar-refractivity contribution in [3.05, 3.63) is 0 Å². The SMILES string of the molecule is CCCCCCCCCCC(C)(CCCC)OC(=O)C(F)(F)F. The quantitative estimate of drug-likeness (QED) is 0.280. The van der Waals surface area contributed by atoms with Crippen LogP contribution in [0.1, 0.15) is 97.8 Å². The van der Waals surface area contributed by atoms with Gasteiger partial charge in [0, 0.05) is 0 Å². The maximum atomic E-state index is 12.4. The van der Waals surface area contributed by atoms with E-state index in [1.165, 1.54) is 32.1 Å². The molecule has 0 aromatic carbocycles. The van der Waals surface area contributed by atoms with Crippen molar-refractivity contribution in [3.8, 4) is 0 Å². The molecule has 0 rings (SSSR count). The lowest BCUT2D eigenvalue weighted by molar-refractivity contribution is -0.214. The zero-order chi connectivity index (χ0) is 17.8. The molecule has 5 heteroatoms. The molecule has 0 heterocycles. The molecule has 0 aromatic rings. The van der Waals surface area contributed by atoms with Gasteiger partial charge in [-0.3, -0.25) is 0 Å². The first kappa shape index (κ1) is 22.3. The number of hydrogen-bond acceptors (Lipinski definition) is 2. The van der Waals surface area contributed by atoms with Crippen molar-refractivity contribution in [1.29, 1.82) is 0 Å². The summed E-state index contributed by atoms with van der Waals surface area (Å²) in [7, 11) is 0. The van der Waals surface area contributed by atoms with Crippen LogP contribution in [0, 0.1) is 0 Å². The van der Waals surface area contributed by atoms with Crippen molar-refractivity contribution >= 4 is 5.97 Å². The van der Waals surface area contributed by atoms with Gasteiger partial charge in [0.25, 0.3) is 0 Å². The van der Waals surface area contributed by atoms with Gasteiger partial charge in [0.1, 0.15) is 5.60 Å². The van der Waals surface area contributed by atoms with Crippen LogP contribution >= 0.6 is 0 Å². The maximum absolute atomic E-state index is 12.4. The third kappa shape index (κ3) is 11.4. The Morgan fingerprint density at radius 3 is 1.70 bits per heavy atom. The fraction of sp³-hybridized carbons (Fsp3) is 0.944. The third-order valence-corrected chi connectivity index (χ3v) is 4.19. The minimum Gasteiger partial charge on any atom is -0.453 e. The summed E-state index contributed by atoms with van der Waals surface area (Å²) in [5.41, 5.74) is -0.995. The van der Waals surface area contributed by atoms with Crippen LogP contribution in [-0.2, 0) is 9.53 Å². The van der Waals surface area contributed by atoms with Crippen molar-refractivity contribution < 1.29 is 22.7 Å². The summed E-state index contributed by atoms with van der Waals surface area (Å²) < 4.78 is 42.1. The average Bonchev–Trinajstić information content (AvgIpc) is 2.47. The molecule has 0 radical (unpaired) electrons. The number of esters is 1. The summed E-state index contributed by atoms with van der Waals surface area (Å²) in [6.07, 6.45) is 6.75. The van der Waals surface area contributed by atoms with Crippen LogP contribution in [0.5, 0.6) is 0 Å². The van der Waals surface area contributed by atoms with Crippen molar-refractivity contribution in [3.63, 3.8) is 0 Å². The zero-order valence-corrected chi connectivity index (χ0v) is 14.9.